The number of aromatic nitrogens is 1. The van der Waals surface area contributed by atoms with Gasteiger partial charge < -0.3 is 10.3 Å². The Balaban J connectivity index is 2.34. The predicted molar refractivity (Wildman–Crippen MR) is 56.1 cm³/mol. The third-order valence-electron chi connectivity index (χ3n) is 2.95. The molecule has 3 nitrogen and oxygen atoms in total. The summed E-state index contributed by atoms with van der Waals surface area (Å²) in [5, 5.41) is 0. The summed E-state index contributed by atoms with van der Waals surface area (Å²) in [5.74, 6) is 0. The molecule has 0 radical (unpaired) electrons. The van der Waals surface area contributed by atoms with Gasteiger partial charge in [-0.3, -0.25) is 4.79 Å². The third kappa shape index (κ3) is 1.73. The molecule has 1 saturated carbocycles. The van der Waals surface area contributed by atoms with Crippen molar-refractivity contribution in [2.75, 3.05) is 0 Å². The lowest BCUT2D eigenvalue weighted by atomic mass is 10.2. The highest BCUT2D eigenvalue weighted by Gasteiger charge is 2.17. The number of hydrogen-bond donors (Lipinski definition) is 1. The van der Waals surface area contributed by atoms with E-state index in [0.717, 1.165) is 18.4 Å². The SMILES string of the molecule is NCc1ccc(=O)n(C2CCCC2)c1. The van der Waals surface area contributed by atoms with Crippen LogP contribution in [0.15, 0.2) is 23.1 Å². The molecule has 1 fully saturated rings. The molecule has 1 aromatic rings. The van der Waals surface area contributed by atoms with E-state index in [9.17, 15) is 4.79 Å². The Bertz CT molecular complexity index is 364. The zero-order valence-corrected chi connectivity index (χ0v) is 8.28. The van der Waals surface area contributed by atoms with Gasteiger partial charge in [-0.15, -0.1) is 0 Å². The summed E-state index contributed by atoms with van der Waals surface area (Å²) in [6.07, 6.45) is 6.66. The van der Waals surface area contributed by atoms with Gasteiger partial charge in [-0.05, 0) is 18.4 Å². The molecule has 14 heavy (non-hydrogen) atoms. The number of nitrogens with zero attached hydrogens (tertiary/aromatic N) is 1. The molecule has 0 unspecified atom stereocenters. The minimum absolute atomic E-state index is 0.106. The Morgan fingerprint density at radius 1 is 1.36 bits per heavy atom. The van der Waals surface area contributed by atoms with Crippen LogP contribution in [0, 0.1) is 0 Å². The normalized spacial score (nSPS) is 17.5. The third-order valence-corrected chi connectivity index (χ3v) is 2.95. The van der Waals surface area contributed by atoms with Crippen molar-refractivity contribution in [2.45, 2.75) is 38.3 Å². The van der Waals surface area contributed by atoms with Gasteiger partial charge in [0.1, 0.15) is 0 Å². The van der Waals surface area contributed by atoms with Crippen LogP contribution in [0.5, 0.6) is 0 Å². The van der Waals surface area contributed by atoms with Gasteiger partial charge >= 0.3 is 0 Å². The second-order valence-electron chi connectivity index (χ2n) is 3.93. The molecule has 0 saturated heterocycles. The minimum atomic E-state index is 0.106. The first-order chi connectivity index (χ1) is 6.81. The van der Waals surface area contributed by atoms with Crippen LogP contribution in [0.2, 0.25) is 0 Å². The van der Waals surface area contributed by atoms with Crippen LogP contribution >= 0.6 is 0 Å². The van der Waals surface area contributed by atoms with E-state index in [-0.39, 0.29) is 5.56 Å². The zero-order chi connectivity index (χ0) is 9.97. The highest BCUT2D eigenvalue weighted by atomic mass is 16.1. The van der Waals surface area contributed by atoms with Crippen LogP contribution in [0.25, 0.3) is 0 Å². The van der Waals surface area contributed by atoms with Crippen molar-refractivity contribution in [1.82, 2.24) is 4.57 Å². The van der Waals surface area contributed by atoms with Crippen LogP contribution in [-0.2, 0) is 6.54 Å². The van der Waals surface area contributed by atoms with Crippen molar-refractivity contribution >= 4 is 0 Å². The molecule has 2 rings (SSSR count). The van der Waals surface area contributed by atoms with Crippen LogP contribution in [-0.4, -0.2) is 4.57 Å². The molecule has 76 valence electrons. The van der Waals surface area contributed by atoms with Crippen LogP contribution < -0.4 is 11.3 Å². The molecule has 0 aliphatic heterocycles. The molecule has 0 bridgehead atoms. The van der Waals surface area contributed by atoms with Gasteiger partial charge in [0.15, 0.2) is 0 Å². The Hall–Kier alpha value is -1.09. The summed E-state index contributed by atoms with van der Waals surface area (Å²) in [7, 11) is 0. The van der Waals surface area contributed by atoms with Crippen LogP contribution in [0.4, 0.5) is 0 Å². The zero-order valence-electron chi connectivity index (χ0n) is 8.28. The lowest BCUT2D eigenvalue weighted by Gasteiger charge is -2.13. The van der Waals surface area contributed by atoms with E-state index in [2.05, 4.69) is 0 Å². The lowest BCUT2D eigenvalue weighted by Crippen LogP contribution is -2.22. The van der Waals surface area contributed by atoms with Gasteiger partial charge in [0, 0.05) is 24.8 Å². The van der Waals surface area contributed by atoms with Gasteiger partial charge in [0.25, 0.3) is 5.56 Å². The van der Waals surface area contributed by atoms with E-state index in [0.29, 0.717) is 12.6 Å². The maximum atomic E-state index is 11.6. The topological polar surface area (TPSA) is 48.0 Å². The monoisotopic (exact) mass is 192 g/mol. The standard InChI is InChI=1S/C11H16N2O/c12-7-9-5-6-11(14)13(8-9)10-3-1-2-4-10/h5-6,8,10H,1-4,7,12H2. The molecule has 1 aliphatic rings. The average molecular weight is 192 g/mol. The summed E-state index contributed by atoms with van der Waals surface area (Å²) in [4.78, 5) is 11.6. The average Bonchev–Trinajstić information content (AvgIpc) is 2.71. The second kappa shape index (κ2) is 3.96. The molecule has 1 aliphatic carbocycles. The van der Waals surface area contributed by atoms with Gasteiger partial charge in [-0.2, -0.15) is 0 Å². The molecule has 2 N–H and O–H groups in total. The van der Waals surface area contributed by atoms with Crippen LogP contribution in [0.1, 0.15) is 37.3 Å². The second-order valence-corrected chi connectivity index (χ2v) is 3.93. The molecular weight excluding hydrogens is 176 g/mol. The summed E-state index contributed by atoms with van der Waals surface area (Å²) in [5.41, 5.74) is 6.70. The summed E-state index contributed by atoms with van der Waals surface area (Å²) >= 11 is 0. The van der Waals surface area contributed by atoms with Crippen molar-refractivity contribution < 1.29 is 0 Å². The summed E-state index contributed by atoms with van der Waals surface area (Å²) < 4.78 is 1.86. The van der Waals surface area contributed by atoms with E-state index in [1.165, 1.54) is 12.8 Å². The van der Waals surface area contributed by atoms with E-state index >= 15 is 0 Å². The largest absolute Gasteiger partial charge is 0.326 e. The first kappa shape index (κ1) is 9.46. The van der Waals surface area contributed by atoms with Gasteiger partial charge in [-0.25, -0.2) is 0 Å². The fourth-order valence-corrected chi connectivity index (χ4v) is 2.14. The van der Waals surface area contributed by atoms with Crippen molar-refractivity contribution in [3.63, 3.8) is 0 Å². The maximum absolute atomic E-state index is 11.6. The Kier molecular flexibility index (Phi) is 2.68. The Labute approximate surface area is 83.5 Å². The lowest BCUT2D eigenvalue weighted by molar-refractivity contribution is 0.500. The number of rotatable bonds is 2. The van der Waals surface area contributed by atoms with Crippen molar-refractivity contribution in [1.29, 1.82) is 0 Å². The minimum Gasteiger partial charge on any atom is -0.326 e. The quantitative estimate of drug-likeness (QED) is 0.770. The van der Waals surface area contributed by atoms with E-state index in [1.54, 1.807) is 6.07 Å². The molecule has 1 aromatic heterocycles. The summed E-state index contributed by atoms with van der Waals surface area (Å²) in [6.45, 7) is 0.507. The van der Waals surface area contributed by atoms with E-state index in [4.69, 9.17) is 5.73 Å². The van der Waals surface area contributed by atoms with Crippen molar-refractivity contribution in [3.05, 3.63) is 34.2 Å². The molecular formula is C11H16N2O. The van der Waals surface area contributed by atoms with Gasteiger partial charge in [0.2, 0.25) is 0 Å². The fourth-order valence-electron chi connectivity index (χ4n) is 2.14. The highest BCUT2D eigenvalue weighted by Crippen LogP contribution is 2.28. The van der Waals surface area contributed by atoms with Crippen molar-refractivity contribution in [2.24, 2.45) is 5.73 Å². The smallest absolute Gasteiger partial charge is 0.250 e. The predicted octanol–water partition coefficient (Wildman–Crippen LogP) is 1.42. The molecule has 3 heteroatoms. The van der Waals surface area contributed by atoms with E-state index in [1.807, 2.05) is 16.8 Å². The van der Waals surface area contributed by atoms with Crippen molar-refractivity contribution in [3.8, 4) is 0 Å². The highest BCUT2D eigenvalue weighted by molar-refractivity contribution is 5.10. The van der Waals surface area contributed by atoms with Crippen LogP contribution in [0.3, 0.4) is 0 Å². The Morgan fingerprint density at radius 3 is 2.71 bits per heavy atom. The molecule has 0 spiro atoms. The van der Waals surface area contributed by atoms with Gasteiger partial charge in [-0.1, -0.05) is 18.9 Å². The fraction of sp³-hybridized carbons (Fsp3) is 0.545. The molecule has 0 amide bonds. The first-order valence-electron chi connectivity index (χ1n) is 5.22. The van der Waals surface area contributed by atoms with Gasteiger partial charge in [0.05, 0.1) is 0 Å². The molecule has 0 atom stereocenters. The Morgan fingerprint density at radius 2 is 2.07 bits per heavy atom. The maximum Gasteiger partial charge on any atom is 0.250 e. The molecule has 0 aromatic carbocycles. The summed E-state index contributed by atoms with van der Waals surface area (Å²) in [6, 6.07) is 3.85. The first-order valence-corrected chi connectivity index (χ1v) is 5.22. The van der Waals surface area contributed by atoms with E-state index < -0.39 is 0 Å². The number of hydrogen-bond acceptors (Lipinski definition) is 2. The number of nitrogens with two attached hydrogens (primary N) is 1. The number of pyridine rings is 1. The molecule has 1 heterocycles.